The van der Waals surface area contributed by atoms with Gasteiger partial charge >= 0.3 is 11.9 Å². The van der Waals surface area contributed by atoms with Crippen LogP contribution in [-0.4, -0.2) is 22.2 Å². The van der Waals surface area contributed by atoms with Crippen LogP contribution in [0.5, 0.6) is 0 Å². The lowest BCUT2D eigenvalue weighted by Crippen LogP contribution is -2.05. The Balaban J connectivity index is 3.22. The molecule has 0 fully saturated rings. The smallest absolute Gasteiger partial charge is 0.335 e. The predicted molar refractivity (Wildman–Crippen MR) is 81.8 cm³/mol. The maximum absolute atomic E-state index is 11.3. The first-order valence-corrected chi connectivity index (χ1v) is 6.56. The summed E-state index contributed by atoms with van der Waals surface area (Å²) in [5.41, 5.74) is 1.52. The average molecular weight is 286 g/mol. The molecule has 0 heterocycles. The lowest BCUT2D eigenvalue weighted by atomic mass is 10.0. The van der Waals surface area contributed by atoms with E-state index in [9.17, 15) is 14.7 Å². The number of carboxylic acids is 2. The highest BCUT2D eigenvalue weighted by Crippen LogP contribution is 2.16. The minimum absolute atomic E-state index is 0.00424. The Morgan fingerprint density at radius 3 is 2.19 bits per heavy atom. The fourth-order valence-corrected chi connectivity index (χ4v) is 1.73. The molecule has 0 aliphatic rings. The summed E-state index contributed by atoms with van der Waals surface area (Å²) in [5.74, 6) is -2.26. The highest BCUT2D eigenvalue weighted by atomic mass is 16.4. The van der Waals surface area contributed by atoms with Crippen LogP contribution in [0.15, 0.2) is 59.2 Å². The summed E-state index contributed by atoms with van der Waals surface area (Å²) in [6.07, 6.45) is 5.21. The van der Waals surface area contributed by atoms with E-state index in [1.165, 1.54) is 13.0 Å². The van der Waals surface area contributed by atoms with Crippen molar-refractivity contribution in [2.24, 2.45) is 0 Å². The molecule has 0 aromatic heterocycles. The zero-order valence-electron chi connectivity index (χ0n) is 12.0. The van der Waals surface area contributed by atoms with Crippen LogP contribution in [0.4, 0.5) is 0 Å². The molecule has 1 aromatic carbocycles. The molecule has 2 N–H and O–H groups in total. The third kappa shape index (κ3) is 5.10. The molecule has 1 rings (SSSR count). The highest BCUT2D eigenvalue weighted by Gasteiger charge is 2.11. The molecule has 0 atom stereocenters. The van der Waals surface area contributed by atoms with Crippen LogP contribution >= 0.6 is 0 Å². The second-order valence-corrected chi connectivity index (χ2v) is 4.47. The number of allylic oxidation sites excluding steroid dienone is 2. The van der Waals surface area contributed by atoms with Gasteiger partial charge in [-0.15, -0.1) is 0 Å². The third-order valence-electron chi connectivity index (χ3n) is 2.93. The third-order valence-corrected chi connectivity index (χ3v) is 2.93. The minimum Gasteiger partial charge on any atom is -0.478 e. The van der Waals surface area contributed by atoms with Crippen LogP contribution in [0.2, 0.25) is 0 Å². The Morgan fingerprint density at radius 2 is 1.71 bits per heavy atom. The summed E-state index contributed by atoms with van der Waals surface area (Å²) in [5, 5.41) is 18.1. The van der Waals surface area contributed by atoms with E-state index in [1.54, 1.807) is 6.08 Å². The van der Waals surface area contributed by atoms with Gasteiger partial charge in [-0.25, -0.2) is 9.59 Å². The van der Waals surface area contributed by atoms with Gasteiger partial charge in [-0.3, -0.25) is 0 Å². The second-order valence-electron chi connectivity index (χ2n) is 4.47. The molecule has 0 radical (unpaired) electrons. The SMILES string of the molecule is CCC(C=Cc1ccccc1)=C(C=C(C)C(=O)O)C(=O)O. The largest absolute Gasteiger partial charge is 0.478 e. The van der Waals surface area contributed by atoms with Crippen LogP contribution in [0.3, 0.4) is 0 Å². The summed E-state index contributed by atoms with van der Waals surface area (Å²) >= 11 is 0. The number of hydrogen-bond donors (Lipinski definition) is 2. The lowest BCUT2D eigenvalue weighted by Gasteiger charge is -2.04. The zero-order chi connectivity index (χ0) is 15.8. The van der Waals surface area contributed by atoms with Crippen molar-refractivity contribution in [1.82, 2.24) is 0 Å². The minimum atomic E-state index is -1.13. The first kappa shape index (κ1) is 16.4. The van der Waals surface area contributed by atoms with E-state index in [-0.39, 0.29) is 11.1 Å². The highest BCUT2D eigenvalue weighted by molar-refractivity contribution is 5.95. The summed E-state index contributed by atoms with van der Waals surface area (Å²) < 4.78 is 0. The van der Waals surface area contributed by atoms with Crippen molar-refractivity contribution in [2.45, 2.75) is 20.3 Å². The molecule has 110 valence electrons. The van der Waals surface area contributed by atoms with Crippen LogP contribution in [-0.2, 0) is 9.59 Å². The van der Waals surface area contributed by atoms with Crippen LogP contribution in [0.1, 0.15) is 25.8 Å². The monoisotopic (exact) mass is 286 g/mol. The molecular formula is C17H18O4. The second kappa shape index (κ2) is 7.85. The molecule has 0 saturated heterocycles. The van der Waals surface area contributed by atoms with Crippen molar-refractivity contribution in [3.8, 4) is 0 Å². The van der Waals surface area contributed by atoms with E-state index in [0.29, 0.717) is 12.0 Å². The molecule has 0 aliphatic heterocycles. The topological polar surface area (TPSA) is 74.6 Å². The van der Waals surface area contributed by atoms with Crippen LogP contribution < -0.4 is 0 Å². The summed E-state index contributed by atoms with van der Waals surface area (Å²) in [6.45, 7) is 3.21. The van der Waals surface area contributed by atoms with Gasteiger partial charge in [-0.05, 0) is 30.6 Å². The fraction of sp³-hybridized carbons (Fsp3) is 0.176. The van der Waals surface area contributed by atoms with Gasteiger partial charge in [0, 0.05) is 5.57 Å². The van der Waals surface area contributed by atoms with E-state index in [2.05, 4.69) is 0 Å². The van der Waals surface area contributed by atoms with Gasteiger partial charge in [0.05, 0.1) is 5.57 Å². The van der Waals surface area contributed by atoms with E-state index >= 15 is 0 Å². The molecule has 0 unspecified atom stereocenters. The Labute approximate surface area is 123 Å². The van der Waals surface area contributed by atoms with Crippen LogP contribution in [0, 0.1) is 0 Å². The molecule has 21 heavy (non-hydrogen) atoms. The standard InChI is InChI=1S/C17H18O4/c1-3-14(10-9-13-7-5-4-6-8-13)15(17(20)21)11-12(2)16(18)19/h4-11H,3H2,1-2H3,(H,18,19)(H,20,21). The Bertz CT molecular complexity index is 607. The fourth-order valence-electron chi connectivity index (χ4n) is 1.73. The van der Waals surface area contributed by atoms with Gasteiger partial charge < -0.3 is 10.2 Å². The van der Waals surface area contributed by atoms with Crippen molar-refractivity contribution >= 4 is 18.0 Å². The molecule has 1 aromatic rings. The summed E-state index contributed by atoms with van der Waals surface area (Å²) in [4.78, 5) is 22.2. The molecule has 4 nitrogen and oxygen atoms in total. The maximum atomic E-state index is 11.3. The Hall–Kier alpha value is -2.62. The number of hydrogen-bond acceptors (Lipinski definition) is 2. The Kier molecular flexibility index (Phi) is 6.14. The molecule has 0 spiro atoms. The van der Waals surface area contributed by atoms with Crippen molar-refractivity contribution in [1.29, 1.82) is 0 Å². The first-order chi connectivity index (χ1) is 9.95. The van der Waals surface area contributed by atoms with Gasteiger partial charge in [0.2, 0.25) is 0 Å². The van der Waals surface area contributed by atoms with Gasteiger partial charge in [-0.2, -0.15) is 0 Å². The number of aliphatic carboxylic acids is 2. The molecule has 4 heteroatoms. The molecule has 0 aliphatic carbocycles. The predicted octanol–water partition coefficient (Wildman–Crippen LogP) is 3.52. The molecule has 0 saturated carbocycles. The van der Waals surface area contributed by atoms with Crippen molar-refractivity contribution in [3.63, 3.8) is 0 Å². The summed E-state index contributed by atoms with van der Waals surface area (Å²) in [6, 6.07) is 9.49. The van der Waals surface area contributed by atoms with Crippen molar-refractivity contribution in [3.05, 3.63) is 64.8 Å². The van der Waals surface area contributed by atoms with Gasteiger partial charge in [0.1, 0.15) is 0 Å². The van der Waals surface area contributed by atoms with Gasteiger partial charge in [0.15, 0.2) is 0 Å². The van der Waals surface area contributed by atoms with E-state index in [0.717, 1.165) is 5.56 Å². The van der Waals surface area contributed by atoms with Crippen molar-refractivity contribution in [2.75, 3.05) is 0 Å². The van der Waals surface area contributed by atoms with Crippen LogP contribution in [0.25, 0.3) is 6.08 Å². The lowest BCUT2D eigenvalue weighted by molar-refractivity contribution is -0.132. The van der Waals surface area contributed by atoms with Gasteiger partial charge in [0.25, 0.3) is 0 Å². The summed E-state index contributed by atoms with van der Waals surface area (Å²) in [7, 11) is 0. The number of carboxylic acid groups (broad SMARTS) is 2. The Morgan fingerprint density at radius 1 is 1.10 bits per heavy atom. The first-order valence-electron chi connectivity index (χ1n) is 6.56. The quantitative estimate of drug-likeness (QED) is 0.619. The number of carbonyl (C=O) groups is 2. The normalized spacial score (nSPS) is 13.1. The zero-order valence-corrected chi connectivity index (χ0v) is 12.0. The van der Waals surface area contributed by atoms with Crippen molar-refractivity contribution < 1.29 is 19.8 Å². The average Bonchev–Trinajstić information content (AvgIpc) is 2.47. The van der Waals surface area contributed by atoms with Gasteiger partial charge in [-0.1, -0.05) is 49.4 Å². The molecule has 0 amide bonds. The van der Waals surface area contributed by atoms with E-state index < -0.39 is 11.9 Å². The van der Waals surface area contributed by atoms with E-state index in [4.69, 9.17) is 5.11 Å². The maximum Gasteiger partial charge on any atom is 0.335 e. The number of benzene rings is 1. The number of rotatable bonds is 6. The van der Waals surface area contributed by atoms with E-state index in [1.807, 2.05) is 43.3 Å². The molecular weight excluding hydrogens is 268 g/mol. The molecule has 0 bridgehead atoms.